The van der Waals surface area contributed by atoms with Crippen LogP contribution in [-0.2, 0) is 24.1 Å². The lowest BCUT2D eigenvalue weighted by Crippen LogP contribution is -2.50. The van der Waals surface area contributed by atoms with E-state index in [2.05, 4.69) is 9.97 Å². The van der Waals surface area contributed by atoms with Crippen LogP contribution in [0.3, 0.4) is 0 Å². The second kappa shape index (κ2) is 9.88. The maximum Gasteiger partial charge on any atom is 0.417 e. The summed E-state index contributed by atoms with van der Waals surface area (Å²) in [6.07, 6.45) is -3.57. The quantitative estimate of drug-likeness (QED) is 0.397. The van der Waals surface area contributed by atoms with Crippen LogP contribution in [0.25, 0.3) is 11.0 Å². The monoisotopic (exact) mass is 495 g/mol. The van der Waals surface area contributed by atoms with Crippen LogP contribution < -0.4 is 9.64 Å². The lowest BCUT2D eigenvalue weighted by molar-refractivity contribution is -0.138. The number of benzene rings is 2. The molecule has 3 heterocycles. The Hall–Kier alpha value is -4.08. The van der Waals surface area contributed by atoms with Gasteiger partial charge in [0.15, 0.2) is 0 Å². The van der Waals surface area contributed by atoms with E-state index in [0.29, 0.717) is 37.8 Å². The molecular formula is C26H24F3N5O2. The molecule has 36 heavy (non-hydrogen) atoms. The number of para-hydroxylation sites is 3. The summed E-state index contributed by atoms with van der Waals surface area (Å²) >= 11 is 0. The van der Waals surface area contributed by atoms with Crippen molar-refractivity contribution in [2.45, 2.75) is 19.3 Å². The molecular weight excluding hydrogens is 471 g/mol. The molecule has 2 aromatic carbocycles. The number of carbonyl (C=O) groups excluding carboxylic acids is 1. The average molecular weight is 496 g/mol. The van der Waals surface area contributed by atoms with E-state index in [4.69, 9.17) is 4.74 Å². The number of ether oxygens (including phenoxy) is 1. The Kier molecular flexibility index (Phi) is 6.49. The van der Waals surface area contributed by atoms with Crippen LogP contribution in [0.2, 0.25) is 0 Å². The average Bonchev–Trinajstić information content (AvgIpc) is 3.25. The molecule has 0 atom stereocenters. The number of anilines is 1. The zero-order valence-electron chi connectivity index (χ0n) is 19.4. The molecule has 1 amide bonds. The molecule has 0 unspecified atom stereocenters. The standard InChI is InChI=1S/C26H24F3N5O2/c27-26(28,29)19-10-11-23(30-16-19)32-12-14-33(15-13-32)25(35)17-34-22-9-5-4-8-21(22)31-24(34)18-36-20-6-2-1-3-7-20/h1-11,16H,12-15,17-18H2. The highest BCUT2D eigenvalue weighted by atomic mass is 19.4. The molecule has 0 spiro atoms. The minimum atomic E-state index is -4.42. The van der Waals surface area contributed by atoms with Gasteiger partial charge >= 0.3 is 6.18 Å². The van der Waals surface area contributed by atoms with Crippen molar-refractivity contribution in [1.29, 1.82) is 0 Å². The van der Waals surface area contributed by atoms with Gasteiger partial charge in [0.1, 0.15) is 30.5 Å². The van der Waals surface area contributed by atoms with E-state index in [-0.39, 0.29) is 19.1 Å². The molecule has 1 fully saturated rings. The highest BCUT2D eigenvalue weighted by Gasteiger charge is 2.31. The highest BCUT2D eigenvalue weighted by Crippen LogP contribution is 2.29. The molecule has 0 radical (unpaired) electrons. The van der Waals surface area contributed by atoms with Crippen molar-refractivity contribution in [3.8, 4) is 5.75 Å². The van der Waals surface area contributed by atoms with Gasteiger partial charge < -0.3 is 19.1 Å². The van der Waals surface area contributed by atoms with Gasteiger partial charge in [-0.05, 0) is 36.4 Å². The molecule has 0 aliphatic carbocycles. The van der Waals surface area contributed by atoms with Crippen molar-refractivity contribution < 1.29 is 22.7 Å². The number of piperazine rings is 1. The molecule has 0 N–H and O–H groups in total. The lowest BCUT2D eigenvalue weighted by atomic mass is 10.2. The molecule has 0 saturated carbocycles. The van der Waals surface area contributed by atoms with E-state index in [1.54, 1.807) is 4.90 Å². The minimum absolute atomic E-state index is 0.0563. The number of carbonyl (C=O) groups is 1. The number of nitrogens with zero attached hydrogens (tertiary/aromatic N) is 5. The fourth-order valence-corrected chi connectivity index (χ4v) is 4.24. The number of alkyl halides is 3. The molecule has 7 nitrogen and oxygen atoms in total. The number of rotatable bonds is 6. The smallest absolute Gasteiger partial charge is 0.417 e. The third-order valence-corrected chi connectivity index (χ3v) is 6.17. The normalized spacial score (nSPS) is 14.3. The fraction of sp³-hybridized carbons (Fsp3) is 0.269. The third-order valence-electron chi connectivity index (χ3n) is 6.17. The van der Waals surface area contributed by atoms with Crippen LogP contribution in [0.1, 0.15) is 11.4 Å². The van der Waals surface area contributed by atoms with E-state index in [9.17, 15) is 18.0 Å². The highest BCUT2D eigenvalue weighted by molar-refractivity contribution is 5.81. The summed E-state index contributed by atoms with van der Waals surface area (Å²) in [6.45, 7) is 2.21. The summed E-state index contributed by atoms with van der Waals surface area (Å²) in [5.74, 6) is 1.78. The first kappa shape index (κ1) is 23.7. The Morgan fingerprint density at radius 1 is 0.917 bits per heavy atom. The summed E-state index contributed by atoms with van der Waals surface area (Å²) in [5.41, 5.74) is 0.861. The van der Waals surface area contributed by atoms with Crippen LogP contribution in [0.4, 0.5) is 19.0 Å². The largest absolute Gasteiger partial charge is 0.486 e. The molecule has 0 bridgehead atoms. The fourth-order valence-electron chi connectivity index (χ4n) is 4.24. The van der Waals surface area contributed by atoms with Crippen molar-refractivity contribution in [2.75, 3.05) is 31.1 Å². The maximum absolute atomic E-state index is 13.2. The predicted molar refractivity (Wildman–Crippen MR) is 129 cm³/mol. The zero-order chi connectivity index (χ0) is 25.1. The first-order valence-corrected chi connectivity index (χ1v) is 11.6. The number of amides is 1. The number of imidazole rings is 1. The van der Waals surface area contributed by atoms with Crippen LogP contribution >= 0.6 is 0 Å². The molecule has 1 aliphatic heterocycles. The summed E-state index contributed by atoms with van der Waals surface area (Å²) in [5, 5.41) is 0. The van der Waals surface area contributed by atoms with Gasteiger partial charge in [0, 0.05) is 32.4 Å². The first-order valence-electron chi connectivity index (χ1n) is 11.6. The number of hydrogen-bond donors (Lipinski definition) is 0. The molecule has 1 aliphatic rings. The van der Waals surface area contributed by atoms with Crippen LogP contribution in [0.5, 0.6) is 5.75 Å². The summed E-state index contributed by atoms with van der Waals surface area (Å²) in [6, 6.07) is 19.5. The summed E-state index contributed by atoms with van der Waals surface area (Å²) in [4.78, 5) is 25.5. The number of halogens is 3. The maximum atomic E-state index is 13.2. The van der Waals surface area contributed by atoms with Crippen LogP contribution in [-0.4, -0.2) is 51.5 Å². The van der Waals surface area contributed by atoms with Gasteiger partial charge in [0.25, 0.3) is 0 Å². The number of fused-ring (bicyclic) bond motifs is 1. The van der Waals surface area contributed by atoms with E-state index >= 15 is 0 Å². The Balaban J connectivity index is 1.25. The van der Waals surface area contributed by atoms with Crippen molar-refractivity contribution in [3.63, 3.8) is 0 Å². The van der Waals surface area contributed by atoms with Crippen LogP contribution in [0.15, 0.2) is 72.9 Å². The predicted octanol–water partition coefficient (Wildman–Crippen LogP) is 4.38. The van der Waals surface area contributed by atoms with E-state index in [1.807, 2.05) is 64.1 Å². The van der Waals surface area contributed by atoms with Crippen molar-refractivity contribution in [3.05, 3.63) is 84.3 Å². The molecule has 2 aromatic heterocycles. The number of aromatic nitrogens is 3. The van der Waals surface area contributed by atoms with Gasteiger partial charge in [0.2, 0.25) is 5.91 Å². The Morgan fingerprint density at radius 3 is 2.33 bits per heavy atom. The van der Waals surface area contributed by atoms with E-state index in [1.165, 1.54) is 6.07 Å². The Labute approximate surface area is 205 Å². The minimum Gasteiger partial charge on any atom is -0.486 e. The summed E-state index contributed by atoms with van der Waals surface area (Å²) in [7, 11) is 0. The second-order valence-corrected chi connectivity index (χ2v) is 8.48. The van der Waals surface area contributed by atoms with E-state index in [0.717, 1.165) is 29.0 Å². The van der Waals surface area contributed by atoms with Gasteiger partial charge in [-0.3, -0.25) is 4.79 Å². The topological polar surface area (TPSA) is 63.5 Å². The molecule has 4 aromatic rings. The van der Waals surface area contributed by atoms with Crippen molar-refractivity contribution >= 4 is 22.8 Å². The molecule has 5 rings (SSSR count). The lowest BCUT2D eigenvalue weighted by Gasteiger charge is -2.35. The van der Waals surface area contributed by atoms with E-state index < -0.39 is 11.7 Å². The SMILES string of the molecule is O=C(Cn1c(COc2ccccc2)nc2ccccc21)N1CCN(c2ccc(C(F)(F)F)cn2)CC1. The number of hydrogen-bond acceptors (Lipinski definition) is 5. The third kappa shape index (κ3) is 5.12. The molecule has 1 saturated heterocycles. The van der Waals surface area contributed by atoms with Crippen molar-refractivity contribution in [2.24, 2.45) is 0 Å². The van der Waals surface area contributed by atoms with Crippen LogP contribution in [0, 0.1) is 0 Å². The second-order valence-electron chi connectivity index (χ2n) is 8.48. The van der Waals surface area contributed by atoms with Gasteiger partial charge in [-0.2, -0.15) is 13.2 Å². The Bertz CT molecular complexity index is 1330. The van der Waals surface area contributed by atoms with Gasteiger partial charge in [-0.25, -0.2) is 9.97 Å². The van der Waals surface area contributed by atoms with Gasteiger partial charge in [-0.1, -0.05) is 30.3 Å². The van der Waals surface area contributed by atoms with Crippen molar-refractivity contribution in [1.82, 2.24) is 19.4 Å². The Morgan fingerprint density at radius 2 is 1.64 bits per heavy atom. The van der Waals surface area contributed by atoms with Gasteiger partial charge in [0.05, 0.1) is 16.6 Å². The molecule has 186 valence electrons. The summed E-state index contributed by atoms with van der Waals surface area (Å²) < 4.78 is 46.2. The van der Waals surface area contributed by atoms with Gasteiger partial charge in [-0.15, -0.1) is 0 Å². The number of pyridine rings is 1. The zero-order valence-corrected chi connectivity index (χ0v) is 19.4. The molecule has 10 heteroatoms. The first-order chi connectivity index (χ1) is 17.4.